The summed E-state index contributed by atoms with van der Waals surface area (Å²) in [6.45, 7) is 12.4. The van der Waals surface area contributed by atoms with Crippen LogP contribution in [0, 0.1) is 0 Å². The minimum absolute atomic E-state index is 0. The first-order valence-corrected chi connectivity index (χ1v) is 10.1. The number of ether oxygens (including phenoxy) is 1. The maximum atomic E-state index is 5.83. The van der Waals surface area contributed by atoms with Crippen LogP contribution in [0.1, 0.15) is 50.7 Å². The number of hydrogen-bond acceptors (Lipinski definition) is 5. The van der Waals surface area contributed by atoms with Crippen LogP contribution in [0.25, 0.3) is 0 Å². The Morgan fingerprint density at radius 3 is 2.58 bits per heavy atom. The quantitative estimate of drug-likeness (QED) is 0.279. The molecule has 1 heterocycles. The van der Waals surface area contributed by atoms with Crippen LogP contribution < -0.4 is 10.6 Å². The van der Waals surface area contributed by atoms with Crippen molar-refractivity contribution in [3.63, 3.8) is 0 Å². The fourth-order valence-corrected chi connectivity index (χ4v) is 3.12. The number of thiazole rings is 1. The minimum Gasteiger partial charge on any atom is -0.377 e. The molecule has 0 aliphatic heterocycles. The highest BCUT2D eigenvalue weighted by molar-refractivity contribution is 14.0. The highest BCUT2D eigenvalue weighted by Crippen LogP contribution is 2.18. The second kappa shape index (κ2) is 14.6. The Morgan fingerprint density at radius 2 is 2.04 bits per heavy atom. The highest BCUT2D eigenvalue weighted by atomic mass is 127. The van der Waals surface area contributed by atoms with E-state index in [2.05, 4.69) is 65.8 Å². The zero-order valence-electron chi connectivity index (χ0n) is 17.0. The van der Waals surface area contributed by atoms with Gasteiger partial charge < -0.3 is 20.3 Å². The summed E-state index contributed by atoms with van der Waals surface area (Å²) in [5.41, 5.74) is 1.15. The maximum absolute atomic E-state index is 5.83. The predicted octanol–water partition coefficient (Wildman–Crippen LogP) is 3.30. The van der Waals surface area contributed by atoms with Crippen molar-refractivity contribution in [1.29, 1.82) is 0 Å². The van der Waals surface area contributed by atoms with Crippen molar-refractivity contribution in [2.45, 2.75) is 52.7 Å². The molecule has 0 bridgehead atoms. The summed E-state index contributed by atoms with van der Waals surface area (Å²) < 4.78 is 5.83. The Labute approximate surface area is 180 Å². The molecule has 8 heteroatoms. The molecule has 1 aromatic rings. The lowest BCUT2D eigenvalue weighted by atomic mass is 10.2. The highest BCUT2D eigenvalue weighted by Gasteiger charge is 2.10. The Balaban J connectivity index is 0.00000625. The average Bonchev–Trinajstić information content (AvgIpc) is 3.04. The van der Waals surface area contributed by atoms with Crippen LogP contribution in [-0.2, 0) is 11.3 Å². The van der Waals surface area contributed by atoms with E-state index in [4.69, 9.17) is 4.74 Å². The number of guanidine groups is 1. The number of nitrogens with zero attached hydrogens (tertiary/aromatic N) is 3. The molecule has 0 fully saturated rings. The smallest absolute Gasteiger partial charge is 0.191 e. The van der Waals surface area contributed by atoms with Crippen LogP contribution in [0.3, 0.4) is 0 Å². The molecule has 1 atom stereocenters. The molecule has 152 valence electrons. The summed E-state index contributed by atoms with van der Waals surface area (Å²) >= 11 is 1.68. The van der Waals surface area contributed by atoms with Gasteiger partial charge in [0, 0.05) is 31.6 Å². The van der Waals surface area contributed by atoms with Crippen molar-refractivity contribution in [2.75, 3.05) is 40.3 Å². The van der Waals surface area contributed by atoms with Gasteiger partial charge in [0.25, 0.3) is 0 Å². The van der Waals surface area contributed by atoms with Crippen molar-refractivity contribution >= 4 is 41.3 Å². The van der Waals surface area contributed by atoms with Gasteiger partial charge in [-0.1, -0.05) is 13.8 Å². The van der Waals surface area contributed by atoms with E-state index in [1.165, 1.54) is 0 Å². The van der Waals surface area contributed by atoms with Gasteiger partial charge in [-0.2, -0.15) is 0 Å². The van der Waals surface area contributed by atoms with Crippen molar-refractivity contribution in [2.24, 2.45) is 4.99 Å². The molecule has 1 unspecified atom stereocenters. The van der Waals surface area contributed by atoms with Gasteiger partial charge in [-0.05, 0) is 40.3 Å². The van der Waals surface area contributed by atoms with Crippen LogP contribution in [0.4, 0.5) is 0 Å². The van der Waals surface area contributed by atoms with Crippen molar-refractivity contribution in [3.05, 3.63) is 16.1 Å². The van der Waals surface area contributed by atoms with E-state index in [0.717, 1.165) is 49.3 Å². The molecular formula is C18H36IN5OS. The van der Waals surface area contributed by atoms with Crippen LogP contribution in [-0.4, -0.2) is 62.3 Å². The summed E-state index contributed by atoms with van der Waals surface area (Å²) in [5, 5.41) is 9.87. The lowest BCUT2D eigenvalue weighted by Gasteiger charge is -2.21. The van der Waals surface area contributed by atoms with E-state index in [9.17, 15) is 0 Å². The number of rotatable bonds is 11. The zero-order valence-corrected chi connectivity index (χ0v) is 20.2. The SMILES string of the molecule is CCNC(=NCc1nc(C(C)C)cs1)NCC(CCN(C)C)OCC.I. The topological polar surface area (TPSA) is 61.8 Å². The van der Waals surface area contributed by atoms with Gasteiger partial charge in [0.15, 0.2) is 5.96 Å². The van der Waals surface area contributed by atoms with Gasteiger partial charge in [0.1, 0.15) is 5.01 Å². The second-order valence-corrected chi connectivity index (χ2v) is 7.51. The van der Waals surface area contributed by atoms with Crippen LogP contribution in [0.2, 0.25) is 0 Å². The Bertz CT molecular complexity index is 508. The molecule has 1 aromatic heterocycles. The van der Waals surface area contributed by atoms with Gasteiger partial charge in [-0.15, -0.1) is 35.3 Å². The normalized spacial score (nSPS) is 13.0. The van der Waals surface area contributed by atoms with Gasteiger partial charge in [-0.25, -0.2) is 9.98 Å². The monoisotopic (exact) mass is 497 g/mol. The third kappa shape index (κ3) is 10.6. The molecule has 0 aliphatic rings. The third-order valence-electron chi connectivity index (χ3n) is 3.68. The molecule has 0 spiro atoms. The van der Waals surface area contributed by atoms with E-state index < -0.39 is 0 Å². The Kier molecular flexibility index (Phi) is 14.3. The number of halogens is 1. The molecule has 0 radical (unpaired) electrons. The Morgan fingerprint density at radius 1 is 1.31 bits per heavy atom. The first-order valence-electron chi connectivity index (χ1n) is 9.19. The van der Waals surface area contributed by atoms with Crippen LogP contribution in [0.5, 0.6) is 0 Å². The van der Waals surface area contributed by atoms with Gasteiger partial charge >= 0.3 is 0 Å². The van der Waals surface area contributed by atoms with Crippen molar-refractivity contribution in [3.8, 4) is 0 Å². The number of hydrogen-bond donors (Lipinski definition) is 2. The van der Waals surface area contributed by atoms with Crippen molar-refractivity contribution < 1.29 is 4.74 Å². The van der Waals surface area contributed by atoms with Gasteiger partial charge in [0.05, 0.1) is 18.3 Å². The van der Waals surface area contributed by atoms with Gasteiger partial charge in [-0.3, -0.25) is 0 Å². The Hall–Kier alpha value is -0.450. The average molecular weight is 497 g/mol. The molecule has 0 amide bonds. The lowest BCUT2D eigenvalue weighted by Crippen LogP contribution is -2.42. The van der Waals surface area contributed by atoms with E-state index in [1.807, 2.05) is 6.92 Å². The zero-order chi connectivity index (χ0) is 18.7. The first kappa shape index (κ1) is 25.6. The summed E-state index contributed by atoms with van der Waals surface area (Å²) in [6, 6.07) is 0. The summed E-state index contributed by atoms with van der Waals surface area (Å²) in [4.78, 5) is 11.5. The van der Waals surface area contributed by atoms with E-state index in [0.29, 0.717) is 12.5 Å². The molecule has 0 saturated heterocycles. The molecule has 2 N–H and O–H groups in total. The van der Waals surface area contributed by atoms with Gasteiger partial charge in [0.2, 0.25) is 0 Å². The number of aromatic nitrogens is 1. The predicted molar refractivity (Wildman–Crippen MR) is 123 cm³/mol. The van der Waals surface area contributed by atoms with Crippen LogP contribution >= 0.6 is 35.3 Å². The molecule has 0 aliphatic carbocycles. The maximum Gasteiger partial charge on any atom is 0.191 e. The largest absolute Gasteiger partial charge is 0.377 e. The standard InChI is InChI=1S/C18H35N5OS.HI/c1-7-19-18(20-11-15(24-8-2)9-10-23(5)6)21-12-17-22-16(13-25-17)14(3)4;/h13-15H,7-12H2,1-6H3,(H2,19,20,21);1H. The minimum atomic E-state index is 0. The fourth-order valence-electron chi connectivity index (χ4n) is 2.24. The van der Waals surface area contributed by atoms with Crippen molar-refractivity contribution in [1.82, 2.24) is 20.5 Å². The molecule has 26 heavy (non-hydrogen) atoms. The molecule has 6 nitrogen and oxygen atoms in total. The first-order chi connectivity index (χ1) is 12.0. The lowest BCUT2D eigenvalue weighted by molar-refractivity contribution is 0.0548. The molecule has 0 aromatic carbocycles. The van der Waals surface area contributed by atoms with E-state index in [-0.39, 0.29) is 30.1 Å². The van der Waals surface area contributed by atoms with E-state index >= 15 is 0 Å². The summed E-state index contributed by atoms with van der Waals surface area (Å²) in [7, 11) is 4.17. The molecule has 1 rings (SSSR count). The number of aliphatic imine (C=N–C) groups is 1. The van der Waals surface area contributed by atoms with E-state index in [1.54, 1.807) is 11.3 Å². The molecule has 0 saturated carbocycles. The second-order valence-electron chi connectivity index (χ2n) is 6.57. The summed E-state index contributed by atoms with van der Waals surface area (Å²) in [5.74, 6) is 1.28. The third-order valence-corrected chi connectivity index (χ3v) is 4.53. The van der Waals surface area contributed by atoms with Crippen LogP contribution in [0.15, 0.2) is 10.4 Å². The fraction of sp³-hybridized carbons (Fsp3) is 0.778. The molecular weight excluding hydrogens is 461 g/mol. The summed E-state index contributed by atoms with van der Waals surface area (Å²) in [6.07, 6.45) is 1.18. The number of nitrogens with one attached hydrogen (secondary N) is 2.